The molecule has 0 spiro atoms. The van der Waals surface area contributed by atoms with Crippen molar-refractivity contribution in [3.05, 3.63) is 29.3 Å². The molecule has 0 bridgehead atoms. The molecule has 3 nitrogen and oxygen atoms in total. The van der Waals surface area contributed by atoms with Crippen LogP contribution in [0.1, 0.15) is 88.6 Å². The van der Waals surface area contributed by atoms with Gasteiger partial charge in [-0.05, 0) is 25.0 Å². The van der Waals surface area contributed by atoms with Crippen molar-refractivity contribution in [1.82, 2.24) is 0 Å². The Labute approximate surface area is 141 Å². The van der Waals surface area contributed by atoms with Crippen LogP contribution in [0.3, 0.4) is 0 Å². The third-order valence-electron chi connectivity index (χ3n) is 3.35. The van der Waals surface area contributed by atoms with Gasteiger partial charge in [0.05, 0.1) is 5.56 Å². The Balaban J connectivity index is 0.00000149. The van der Waals surface area contributed by atoms with E-state index in [1.165, 1.54) is 32.3 Å². The van der Waals surface area contributed by atoms with Crippen LogP contribution in [-0.4, -0.2) is 16.7 Å². The van der Waals surface area contributed by atoms with Crippen molar-refractivity contribution in [1.29, 1.82) is 0 Å². The highest BCUT2D eigenvalue weighted by Gasteiger charge is 2.16. The van der Waals surface area contributed by atoms with Gasteiger partial charge in [0.1, 0.15) is 11.5 Å². The van der Waals surface area contributed by atoms with Gasteiger partial charge in [-0.2, -0.15) is 0 Å². The molecule has 23 heavy (non-hydrogen) atoms. The third kappa shape index (κ3) is 9.17. The lowest BCUT2D eigenvalue weighted by Crippen LogP contribution is -2.07. The molecule has 0 aliphatic rings. The first-order valence-electron chi connectivity index (χ1n) is 8.81. The largest absolute Gasteiger partial charge is 0.507 e. The molecule has 0 saturated heterocycles. The van der Waals surface area contributed by atoms with Crippen LogP contribution in [0.5, 0.6) is 5.75 Å². The lowest BCUT2D eigenvalue weighted by molar-refractivity contribution is -0.116. The first kappa shape index (κ1) is 21.4. The van der Waals surface area contributed by atoms with Crippen LogP contribution in [0.2, 0.25) is 0 Å². The summed E-state index contributed by atoms with van der Waals surface area (Å²) in [4.78, 5) is 23.5. The number of unbranched alkanes of at least 4 members (excludes halogenated alkanes) is 4. The van der Waals surface area contributed by atoms with Gasteiger partial charge in [-0.15, -0.1) is 0 Å². The van der Waals surface area contributed by atoms with E-state index in [1.807, 2.05) is 0 Å². The van der Waals surface area contributed by atoms with E-state index >= 15 is 0 Å². The average Bonchev–Trinajstić information content (AvgIpc) is 2.47. The molecule has 1 N–H and O–H groups in total. The minimum Gasteiger partial charge on any atom is -0.507 e. The van der Waals surface area contributed by atoms with Crippen LogP contribution in [0.25, 0.3) is 0 Å². The van der Waals surface area contributed by atoms with Gasteiger partial charge < -0.3 is 5.11 Å². The highest BCUT2D eigenvalue weighted by Crippen LogP contribution is 2.24. The SMILES string of the molecule is CCC.CCCCCCCC(=O)c1c(O)cccc1CC(C)=O. The molecular weight excluding hydrogens is 288 g/mol. The third-order valence-corrected chi connectivity index (χ3v) is 3.35. The topological polar surface area (TPSA) is 54.4 Å². The number of Topliss-reactive ketones (excluding diaryl/α,β-unsaturated/α-hetero) is 2. The number of carbonyl (C=O) groups excluding carboxylic acids is 2. The van der Waals surface area contributed by atoms with Crippen molar-refractivity contribution < 1.29 is 14.7 Å². The minimum absolute atomic E-state index is 0.00686. The van der Waals surface area contributed by atoms with Gasteiger partial charge in [0.2, 0.25) is 0 Å². The van der Waals surface area contributed by atoms with E-state index in [2.05, 4.69) is 20.8 Å². The number of carbonyl (C=O) groups is 2. The minimum atomic E-state index is -0.0594. The smallest absolute Gasteiger partial charge is 0.166 e. The van der Waals surface area contributed by atoms with Gasteiger partial charge in [-0.25, -0.2) is 0 Å². The number of phenolic OH excluding ortho intramolecular Hbond substituents is 1. The summed E-state index contributed by atoms with van der Waals surface area (Å²) in [5.41, 5.74) is 0.967. The maximum atomic E-state index is 12.2. The highest BCUT2D eigenvalue weighted by atomic mass is 16.3. The predicted octanol–water partition coefficient (Wildman–Crippen LogP) is 5.48. The van der Waals surface area contributed by atoms with E-state index in [1.54, 1.807) is 12.1 Å². The second-order valence-corrected chi connectivity index (χ2v) is 5.98. The summed E-state index contributed by atoms with van der Waals surface area (Å²) in [5, 5.41) is 9.88. The number of hydrogen-bond acceptors (Lipinski definition) is 3. The molecule has 3 heteroatoms. The predicted molar refractivity (Wildman–Crippen MR) is 96.2 cm³/mol. The van der Waals surface area contributed by atoms with Crippen molar-refractivity contribution in [3.63, 3.8) is 0 Å². The molecule has 0 unspecified atom stereocenters. The van der Waals surface area contributed by atoms with Gasteiger partial charge in [0.15, 0.2) is 5.78 Å². The van der Waals surface area contributed by atoms with Crippen LogP contribution >= 0.6 is 0 Å². The normalized spacial score (nSPS) is 9.91. The molecular formula is C20H32O3. The Morgan fingerprint density at radius 1 is 1.00 bits per heavy atom. The molecule has 0 aromatic heterocycles. The van der Waals surface area contributed by atoms with Crippen molar-refractivity contribution >= 4 is 11.6 Å². The number of ketones is 2. The molecule has 1 aromatic rings. The van der Waals surface area contributed by atoms with Crippen LogP contribution < -0.4 is 0 Å². The number of hydrogen-bond donors (Lipinski definition) is 1. The fourth-order valence-electron chi connectivity index (χ4n) is 2.34. The summed E-state index contributed by atoms with van der Waals surface area (Å²) >= 11 is 0. The Hall–Kier alpha value is -1.64. The maximum Gasteiger partial charge on any atom is 0.166 e. The van der Waals surface area contributed by atoms with Crippen molar-refractivity contribution in [3.8, 4) is 5.75 Å². The molecule has 0 heterocycles. The molecule has 1 rings (SSSR count). The number of benzene rings is 1. The van der Waals surface area contributed by atoms with Crippen LogP contribution in [0.15, 0.2) is 18.2 Å². The van der Waals surface area contributed by atoms with E-state index in [0.29, 0.717) is 17.5 Å². The van der Waals surface area contributed by atoms with Gasteiger partial charge >= 0.3 is 0 Å². The summed E-state index contributed by atoms with van der Waals surface area (Å²) < 4.78 is 0. The summed E-state index contributed by atoms with van der Waals surface area (Å²) in [7, 11) is 0. The van der Waals surface area contributed by atoms with E-state index in [-0.39, 0.29) is 23.7 Å². The fraction of sp³-hybridized carbons (Fsp3) is 0.600. The van der Waals surface area contributed by atoms with E-state index in [4.69, 9.17) is 0 Å². The van der Waals surface area contributed by atoms with Gasteiger partial charge in [0.25, 0.3) is 0 Å². The number of aromatic hydroxyl groups is 1. The first-order valence-corrected chi connectivity index (χ1v) is 8.81. The lowest BCUT2D eigenvalue weighted by Gasteiger charge is -2.09. The quantitative estimate of drug-likeness (QED) is 0.484. The molecule has 0 aliphatic heterocycles. The van der Waals surface area contributed by atoms with Crippen molar-refractivity contribution in [2.24, 2.45) is 0 Å². The Morgan fingerprint density at radius 2 is 1.61 bits per heavy atom. The van der Waals surface area contributed by atoms with E-state index in [9.17, 15) is 14.7 Å². The first-order chi connectivity index (χ1) is 11.0. The summed E-state index contributed by atoms with van der Waals surface area (Å²) in [6, 6.07) is 4.92. The summed E-state index contributed by atoms with van der Waals surface area (Å²) in [6.07, 6.45) is 7.28. The van der Waals surface area contributed by atoms with Gasteiger partial charge in [-0.1, -0.05) is 65.0 Å². The summed E-state index contributed by atoms with van der Waals surface area (Å²) in [5.74, 6) is -0.0780. The molecule has 0 saturated carbocycles. The second-order valence-electron chi connectivity index (χ2n) is 5.98. The maximum absolute atomic E-state index is 12.2. The van der Waals surface area contributed by atoms with Crippen LogP contribution in [0.4, 0.5) is 0 Å². The molecule has 0 atom stereocenters. The molecule has 130 valence electrons. The van der Waals surface area contributed by atoms with Crippen molar-refractivity contribution in [2.45, 2.75) is 79.1 Å². The number of phenols is 1. The zero-order valence-electron chi connectivity index (χ0n) is 15.2. The Morgan fingerprint density at radius 3 is 2.17 bits per heavy atom. The van der Waals surface area contributed by atoms with E-state index < -0.39 is 0 Å². The van der Waals surface area contributed by atoms with E-state index in [0.717, 1.165) is 19.3 Å². The van der Waals surface area contributed by atoms with Crippen LogP contribution in [-0.2, 0) is 11.2 Å². The lowest BCUT2D eigenvalue weighted by atomic mass is 9.95. The Kier molecular flexibility index (Phi) is 11.9. The zero-order chi connectivity index (χ0) is 17.7. The Bertz CT molecular complexity index is 478. The molecule has 0 aliphatic carbocycles. The van der Waals surface area contributed by atoms with Gasteiger partial charge in [-0.3, -0.25) is 9.59 Å². The molecule has 0 amide bonds. The molecule has 0 radical (unpaired) electrons. The van der Waals surface area contributed by atoms with Crippen molar-refractivity contribution in [2.75, 3.05) is 0 Å². The fourth-order valence-corrected chi connectivity index (χ4v) is 2.34. The summed E-state index contributed by atoms with van der Waals surface area (Å²) in [6.45, 7) is 7.89. The molecule has 0 fully saturated rings. The molecule has 1 aromatic carbocycles. The monoisotopic (exact) mass is 320 g/mol. The average molecular weight is 320 g/mol. The van der Waals surface area contributed by atoms with Gasteiger partial charge in [0, 0.05) is 12.8 Å². The highest BCUT2D eigenvalue weighted by molar-refractivity contribution is 6.01. The standard InChI is InChI=1S/C17H24O3.C3H8/c1-3-4-5-6-7-10-15(19)17-14(12-13(2)18)9-8-11-16(17)20;1-3-2/h8-9,11,20H,3-7,10,12H2,1-2H3;3H2,1-2H3. The zero-order valence-corrected chi connectivity index (χ0v) is 15.2. The second kappa shape index (κ2) is 12.9. The van der Waals surface area contributed by atoms with Crippen LogP contribution in [0, 0.1) is 0 Å². The number of rotatable bonds is 9.